The maximum Gasteiger partial charge on any atom is 0.0525 e. The first-order chi connectivity index (χ1) is 9.20. The first-order valence-electron chi connectivity index (χ1n) is 6.38. The Kier molecular flexibility index (Phi) is 3.88. The summed E-state index contributed by atoms with van der Waals surface area (Å²) in [6.45, 7) is 3.37. The lowest BCUT2D eigenvalue weighted by Gasteiger charge is -2.35. The van der Waals surface area contributed by atoms with E-state index < -0.39 is 0 Å². The highest BCUT2D eigenvalue weighted by Gasteiger charge is 2.25. The molecular formula is C15H15BrClNS. The van der Waals surface area contributed by atoms with Crippen molar-refractivity contribution in [2.75, 3.05) is 11.4 Å². The van der Waals surface area contributed by atoms with Gasteiger partial charge in [0, 0.05) is 27.5 Å². The van der Waals surface area contributed by atoms with E-state index in [4.69, 9.17) is 11.6 Å². The second-order valence-electron chi connectivity index (χ2n) is 4.83. The first kappa shape index (κ1) is 13.5. The molecule has 4 heteroatoms. The fourth-order valence-corrected chi connectivity index (χ4v) is 4.55. The summed E-state index contributed by atoms with van der Waals surface area (Å²) in [5.74, 6) is 0.547. The summed E-state index contributed by atoms with van der Waals surface area (Å²) >= 11 is 11.4. The molecule has 0 saturated carbocycles. The smallest absolute Gasteiger partial charge is 0.0525 e. The van der Waals surface area contributed by atoms with E-state index in [1.807, 2.05) is 11.3 Å². The summed E-state index contributed by atoms with van der Waals surface area (Å²) in [6.07, 6.45) is 1.15. The molecule has 0 aliphatic carbocycles. The minimum absolute atomic E-state index is 0.448. The highest BCUT2D eigenvalue weighted by molar-refractivity contribution is 9.10. The van der Waals surface area contributed by atoms with Gasteiger partial charge in [-0.05, 0) is 48.1 Å². The molecule has 0 fully saturated rings. The number of hydrogen-bond acceptors (Lipinski definition) is 2. The summed E-state index contributed by atoms with van der Waals surface area (Å²) < 4.78 is 1.10. The predicted octanol–water partition coefficient (Wildman–Crippen LogP) is 5.37. The van der Waals surface area contributed by atoms with Crippen LogP contribution in [0.3, 0.4) is 0 Å². The van der Waals surface area contributed by atoms with Gasteiger partial charge in [0.25, 0.3) is 0 Å². The number of benzene rings is 1. The van der Waals surface area contributed by atoms with Gasteiger partial charge in [0.1, 0.15) is 0 Å². The standard InChI is InChI=1S/C15H15BrClNS/c1-10-13-5-7-19-15(13)4-6-18(10)12-3-2-11(9-17)14(16)8-12/h2-3,5,7-8,10H,4,6,9H2,1H3. The Morgan fingerprint density at radius 3 is 3.00 bits per heavy atom. The van der Waals surface area contributed by atoms with Gasteiger partial charge in [-0.3, -0.25) is 0 Å². The Morgan fingerprint density at radius 1 is 1.42 bits per heavy atom. The highest BCUT2D eigenvalue weighted by Crippen LogP contribution is 2.37. The van der Waals surface area contributed by atoms with Crippen molar-refractivity contribution < 1.29 is 0 Å². The van der Waals surface area contributed by atoms with E-state index in [0.29, 0.717) is 11.9 Å². The third kappa shape index (κ3) is 2.44. The number of nitrogens with zero attached hydrogens (tertiary/aromatic N) is 1. The summed E-state index contributed by atoms with van der Waals surface area (Å²) in [7, 11) is 0. The maximum atomic E-state index is 5.91. The quantitative estimate of drug-likeness (QED) is 0.654. The molecule has 1 aliphatic heterocycles. The van der Waals surface area contributed by atoms with Gasteiger partial charge < -0.3 is 4.90 Å². The Hall–Kier alpha value is -0.510. The third-order valence-corrected chi connectivity index (χ3v) is 5.81. The van der Waals surface area contributed by atoms with Crippen molar-refractivity contribution in [3.05, 3.63) is 50.1 Å². The molecular weight excluding hydrogens is 342 g/mol. The van der Waals surface area contributed by atoms with E-state index in [-0.39, 0.29) is 0 Å². The van der Waals surface area contributed by atoms with E-state index in [1.165, 1.54) is 11.3 Å². The second kappa shape index (κ2) is 5.47. The number of rotatable bonds is 2. The third-order valence-electron chi connectivity index (χ3n) is 3.79. The summed E-state index contributed by atoms with van der Waals surface area (Å²) in [5, 5.41) is 2.21. The maximum absolute atomic E-state index is 5.91. The van der Waals surface area contributed by atoms with Gasteiger partial charge in [-0.2, -0.15) is 0 Å². The highest BCUT2D eigenvalue weighted by atomic mass is 79.9. The average Bonchev–Trinajstić information content (AvgIpc) is 2.88. The number of halogens is 2. The normalized spacial score (nSPS) is 18.5. The largest absolute Gasteiger partial charge is 0.364 e. The van der Waals surface area contributed by atoms with Crippen LogP contribution in [0.5, 0.6) is 0 Å². The van der Waals surface area contributed by atoms with Gasteiger partial charge in [0.15, 0.2) is 0 Å². The van der Waals surface area contributed by atoms with Crippen LogP contribution < -0.4 is 4.90 Å². The van der Waals surface area contributed by atoms with E-state index in [9.17, 15) is 0 Å². The first-order valence-corrected chi connectivity index (χ1v) is 8.58. The van der Waals surface area contributed by atoms with Crippen molar-refractivity contribution in [2.45, 2.75) is 25.3 Å². The monoisotopic (exact) mass is 355 g/mol. The zero-order chi connectivity index (χ0) is 13.4. The average molecular weight is 357 g/mol. The molecule has 0 saturated heterocycles. The molecule has 2 aromatic rings. The van der Waals surface area contributed by atoms with Crippen molar-refractivity contribution >= 4 is 44.6 Å². The van der Waals surface area contributed by atoms with Crippen LogP contribution in [0.2, 0.25) is 0 Å². The predicted molar refractivity (Wildman–Crippen MR) is 87.5 cm³/mol. The van der Waals surface area contributed by atoms with Crippen molar-refractivity contribution in [3.63, 3.8) is 0 Å². The summed E-state index contributed by atoms with van der Waals surface area (Å²) in [6, 6.07) is 9.19. The van der Waals surface area contributed by atoms with E-state index in [1.54, 1.807) is 4.88 Å². The second-order valence-corrected chi connectivity index (χ2v) is 6.95. The van der Waals surface area contributed by atoms with E-state index in [2.05, 4.69) is 57.4 Å². The molecule has 0 N–H and O–H groups in total. The van der Waals surface area contributed by atoms with Gasteiger partial charge in [0.2, 0.25) is 0 Å². The molecule has 1 atom stereocenters. The minimum atomic E-state index is 0.448. The molecule has 1 unspecified atom stereocenters. The zero-order valence-electron chi connectivity index (χ0n) is 10.7. The fourth-order valence-electron chi connectivity index (χ4n) is 2.69. The lowest BCUT2D eigenvalue weighted by molar-refractivity contribution is 0.632. The van der Waals surface area contributed by atoms with E-state index >= 15 is 0 Å². The van der Waals surface area contributed by atoms with Gasteiger partial charge in [-0.15, -0.1) is 22.9 Å². The fraction of sp³-hybridized carbons (Fsp3) is 0.333. The minimum Gasteiger partial charge on any atom is -0.364 e. The van der Waals surface area contributed by atoms with Gasteiger partial charge in [-0.25, -0.2) is 0 Å². The Labute approximate surface area is 131 Å². The lowest BCUT2D eigenvalue weighted by atomic mass is 10.0. The van der Waals surface area contributed by atoms with E-state index in [0.717, 1.165) is 23.0 Å². The number of fused-ring (bicyclic) bond motifs is 1. The van der Waals surface area contributed by atoms with Gasteiger partial charge >= 0.3 is 0 Å². The zero-order valence-corrected chi connectivity index (χ0v) is 13.9. The summed E-state index contributed by atoms with van der Waals surface area (Å²) in [4.78, 5) is 4.01. The topological polar surface area (TPSA) is 3.24 Å². The SMILES string of the molecule is CC1c2ccsc2CCN1c1ccc(CCl)c(Br)c1. The molecule has 1 aromatic heterocycles. The Balaban J connectivity index is 1.93. The molecule has 1 aliphatic rings. The van der Waals surface area contributed by atoms with Crippen LogP contribution in [0, 0.1) is 0 Å². The van der Waals surface area contributed by atoms with Gasteiger partial charge in [0.05, 0.1) is 6.04 Å². The van der Waals surface area contributed by atoms with Crippen LogP contribution in [-0.4, -0.2) is 6.54 Å². The molecule has 0 radical (unpaired) electrons. The summed E-state index contributed by atoms with van der Waals surface area (Å²) in [5.41, 5.74) is 3.89. The molecule has 2 heterocycles. The Morgan fingerprint density at radius 2 is 2.26 bits per heavy atom. The molecule has 0 amide bonds. The van der Waals surface area contributed by atoms with Crippen LogP contribution in [0.4, 0.5) is 5.69 Å². The van der Waals surface area contributed by atoms with Crippen LogP contribution in [0.25, 0.3) is 0 Å². The number of thiophene rings is 1. The molecule has 100 valence electrons. The van der Waals surface area contributed by atoms with Crippen LogP contribution >= 0.6 is 38.9 Å². The number of hydrogen-bond donors (Lipinski definition) is 0. The van der Waals surface area contributed by atoms with Crippen molar-refractivity contribution in [3.8, 4) is 0 Å². The lowest BCUT2D eigenvalue weighted by Crippen LogP contribution is -2.33. The van der Waals surface area contributed by atoms with Crippen LogP contribution in [0.1, 0.15) is 29.0 Å². The van der Waals surface area contributed by atoms with Crippen LogP contribution in [-0.2, 0) is 12.3 Å². The van der Waals surface area contributed by atoms with Crippen molar-refractivity contribution in [1.82, 2.24) is 0 Å². The molecule has 19 heavy (non-hydrogen) atoms. The van der Waals surface area contributed by atoms with Crippen LogP contribution in [0.15, 0.2) is 34.1 Å². The Bertz CT molecular complexity index is 596. The van der Waals surface area contributed by atoms with Crippen molar-refractivity contribution in [1.29, 1.82) is 0 Å². The molecule has 0 bridgehead atoms. The van der Waals surface area contributed by atoms with Gasteiger partial charge in [-0.1, -0.05) is 22.0 Å². The molecule has 3 rings (SSSR count). The molecule has 0 spiro atoms. The number of alkyl halides is 1. The van der Waals surface area contributed by atoms with Crippen molar-refractivity contribution in [2.24, 2.45) is 0 Å². The molecule has 1 aromatic carbocycles. The number of anilines is 1. The molecule has 1 nitrogen and oxygen atoms in total.